The van der Waals surface area contributed by atoms with Crippen LogP contribution in [-0.2, 0) is 20.8 Å². The summed E-state index contributed by atoms with van der Waals surface area (Å²) in [5.41, 5.74) is 12.2. The number of benzene rings is 1. The van der Waals surface area contributed by atoms with Gasteiger partial charge in [0.1, 0.15) is 17.3 Å². The lowest BCUT2D eigenvalue weighted by Crippen LogP contribution is -2.49. The van der Waals surface area contributed by atoms with Crippen molar-refractivity contribution in [2.24, 2.45) is 16.5 Å². The summed E-state index contributed by atoms with van der Waals surface area (Å²) in [4.78, 5) is 44.8. The van der Waals surface area contributed by atoms with E-state index in [1.165, 1.54) is 18.5 Å². The number of nitrogens with one attached hydrogen (secondary N) is 1. The summed E-state index contributed by atoms with van der Waals surface area (Å²) in [6.45, 7) is 0. The highest BCUT2D eigenvalue weighted by Gasteiger charge is 2.27. The second-order valence-corrected chi connectivity index (χ2v) is 6.28. The molecule has 30 heavy (non-hydrogen) atoms. The number of carbonyl (C=O) groups is 3. The predicted octanol–water partition coefficient (Wildman–Crippen LogP) is 1.15. The van der Waals surface area contributed by atoms with Crippen LogP contribution >= 0.6 is 0 Å². The normalized spacial score (nSPS) is 12.7. The van der Waals surface area contributed by atoms with E-state index in [0.717, 1.165) is 11.6 Å². The Morgan fingerprint density at radius 2 is 2.00 bits per heavy atom. The van der Waals surface area contributed by atoms with Gasteiger partial charge in [-0.25, -0.2) is 4.99 Å². The molecule has 152 valence electrons. The Morgan fingerprint density at radius 1 is 1.20 bits per heavy atom. The third-order valence-corrected chi connectivity index (χ3v) is 4.23. The number of Topliss-reactive ketones (excluding diaryl/α,β-unsaturated/α-hetero) is 1. The number of pyridine rings is 1. The maximum absolute atomic E-state index is 12.8. The Labute approximate surface area is 171 Å². The zero-order chi connectivity index (χ0) is 21.5. The van der Waals surface area contributed by atoms with Crippen LogP contribution in [0.2, 0.25) is 0 Å². The van der Waals surface area contributed by atoms with Crippen molar-refractivity contribution in [3.8, 4) is 0 Å². The van der Waals surface area contributed by atoms with E-state index in [-0.39, 0.29) is 12.1 Å². The van der Waals surface area contributed by atoms with E-state index in [2.05, 4.69) is 15.3 Å². The fourth-order valence-electron chi connectivity index (χ4n) is 2.84. The highest BCUT2D eigenvalue weighted by atomic mass is 16.3. The SMILES string of the molecule is N/C=C\C(=Nc1cccnc1)C(=O)NC(Cc1coc2ccccc12)C(=O)C(N)=O. The Kier molecular flexibility index (Phi) is 6.33. The molecule has 3 aromatic rings. The Morgan fingerprint density at radius 3 is 2.70 bits per heavy atom. The lowest BCUT2D eigenvalue weighted by atomic mass is 10.0. The van der Waals surface area contributed by atoms with Crippen LogP contribution in [-0.4, -0.2) is 34.3 Å². The van der Waals surface area contributed by atoms with Crippen LogP contribution in [0.4, 0.5) is 5.69 Å². The van der Waals surface area contributed by atoms with E-state index < -0.39 is 23.6 Å². The third kappa shape index (κ3) is 4.76. The second-order valence-electron chi connectivity index (χ2n) is 6.28. The average molecular weight is 405 g/mol. The number of nitrogens with two attached hydrogens (primary N) is 2. The fraction of sp³-hybridized carbons (Fsp3) is 0.0952. The molecule has 0 radical (unpaired) electrons. The number of carbonyl (C=O) groups excluding carboxylic acids is 3. The number of hydrogen-bond donors (Lipinski definition) is 3. The van der Waals surface area contributed by atoms with E-state index in [1.807, 2.05) is 18.2 Å². The van der Waals surface area contributed by atoms with Crippen LogP contribution in [0, 0.1) is 0 Å². The largest absolute Gasteiger partial charge is 0.464 e. The topological polar surface area (TPSA) is 154 Å². The van der Waals surface area contributed by atoms with Crippen LogP contribution in [0.25, 0.3) is 11.0 Å². The summed E-state index contributed by atoms with van der Waals surface area (Å²) in [7, 11) is 0. The van der Waals surface area contributed by atoms with Crippen LogP contribution in [0.3, 0.4) is 0 Å². The van der Waals surface area contributed by atoms with Crippen molar-refractivity contribution in [3.05, 3.63) is 72.9 Å². The summed E-state index contributed by atoms with van der Waals surface area (Å²) >= 11 is 0. The van der Waals surface area contributed by atoms with Gasteiger partial charge in [0.15, 0.2) is 0 Å². The first kappa shape index (κ1) is 20.5. The molecule has 3 rings (SSSR count). The van der Waals surface area contributed by atoms with Gasteiger partial charge in [0.05, 0.1) is 18.1 Å². The van der Waals surface area contributed by atoms with E-state index in [4.69, 9.17) is 15.9 Å². The maximum Gasteiger partial charge on any atom is 0.287 e. The van der Waals surface area contributed by atoms with Gasteiger partial charge in [-0.1, -0.05) is 18.2 Å². The van der Waals surface area contributed by atoms with Gasteiger partial charge in [0, 0.05) is 23.6 Å². The molecule has 0 spiro atoms. The number of para-hydroxylation sites is 1. The van der Waals surface area contributed by atoms with Gasteiger partial charge in [-0.3, -0.25) is 19.4 Å². The number of amides is 2. The van der Waals surface area contributed by atoms with Crippen molar-refractivity contribution in [1.82, 2.24) is 10.3 Å². The van der Waals surface area contributed by atoms with Gasteiger partial charge in [-0.2, -0.15) is 0 Å². The van der Waals surface area contributed by atoms with Gasteiger partial charge in [0.2, 0.25) is 5.78 Å². The Bertz CT molecular complexity index is 1130. The third-order valence-electron chi connectivity index (χ3n) is 4.23. The molecule has 1 unspecified atom stereocenters. The summed E-state index contributed by atoms with van der Waals surface area (Å²) in [5, 5.41) is 3.28. The molecular formula is C21H19N5O4. The molecule has 0 saturated carbocycles. The number of ketones is 1. The molecule has 9 heteroatoms. The van der Waals surface area contributed by atoms with Crippen molar-refractivity contribution < 1.29 is 18.8 Å². The number of furan rings is 1. The predicted molar refractivity (Wildman–Crippen MR) is 111 cm³/mol. The molecule has 0 saturated heterocycles. The molecular weight excluding hydrogens is 386 g/mol. The minimum atomic E-state index is -1.21. The lowest BCUT2D eigenvalue weighted by molar-refractivity contribution is -0.137. The average Bonchev–Trinajstić information content (AvgIpc) is 3.16. The van der Waals surface area contributed by atoms with E-state index >= 15 is 0 Å². The molecule has 2 amide bonds. The molecule has 0 aliphatic rings. The minimum Gasteiger partial charge on any atom is -0.464 e. The van der Waals surface area contributed by atoms with Crippen molar-refractivity contribution in [1.29, 1.82) is 0 Å². The summed E-state index contributed by atoms with van der Waals surface area (Å²) in [6.07, 6.45) is 6.93. The Hall–Kier alpha value is -4.27. The van der Waals surface area contributed by atoms with E-state index in [1.54, 1.807) is 24.4 Å². The number of aromatic nitrogens is 1. The van der Waals surface area contributed by atoms with Crippen molar-refractivity contribution in [3.63, 3.8) is 0 Å². The van der Waals surface area contributed by atoms with Crippen LogP contribution < -0.4 is 16.8 Å². The lowest BCUT2D eigenvalue weighted by Gasteiger charge is -2.16. The van der Waals surface area contributed by atoms with Crippen LogP contribution in [0.1, 0.15) is 5.56 Å². The summed E-state index contributed by atoms with van der Waals surface area (Å²) in [6, 6.07) is 9.31. The van der Waals surface area contributed by atoms with Gasteiger partial charge in [-0.15, -0.1) is 0 Å². The number of nitrogens with zero attached hydrogens (tertiary/aromatic N) is 2. The van der Waals surface area contributed by atoms with E-state index in [0.29, 0.717) is 16.8 Å². The molecule has 0 aliphatic heterocycles. The molecule has 9 nitrogen and oxygen atoms in total. The quantitative estimate of drug-likeness (QED) is 0.377. The molecule has 5 N–H and O–H groups in total. The first-order valence-electron chi connectivity index (χ1n) is 8.96. The summed E-state index contributed by atoms with van der Waals surface area (Å²) in [5.74, 6) is -2.80. The number of fused-ring (bicyclic) bond motifs is 1. The molecule has 1 aromatic carbocycles. The number of hydrogen-bond acceptors (Lipinski definition) is 7. The molecule has 1 atom stereocenters. The van der Waals surface area contributed by atoms with Gasteiger partial charge in [-0.05, 0) is 30.5 Å². The number of rotatable bonds is 8. The van der Waals surface area contributed by atoms with Crippen LogP contribution in [0.15, 0.2) is 76.7 Å². The number of primary amides is 1. The van der Waals surface area contributed by atoms with Crippen molar-refractivity contribution in [2.45, 2.75) is 12.5 Å². The standard InChI is InChI=1S/C21H19N5O4/c22-8-7-16(25-14-4-3-9-24-11-14)21(29)26-17(19(27)20(23)28)10-13-12-30-18-6-2-1-5-15(13)18/h1-9,11-12,17H,10,22H2,(H2,23,28)(H,26,29)/b8-7-,25-16?. The number of aliphatic imine (C=N–C) groups is 1. The van der Waals surface area contributed by atoms with E-state index in [9.17, 15) is 14.4 Å². The minimum absolute atomic E-state index is 0.0110. The van der Waals surface area contributed by atoms with Crippen molar-refractivity contribution >= 4 is 40.0 Å². The molecule has 0 bridgehead atoms. The second kappa shape index (κ2) is 9.28. The fourth-order valence-corrected chi connectivity index (χ4v) is 2.84. The van der Waals surface area contributed by atoms with Crippen LogP contribution in [0.5, 0.6) is 0 Å². The molecule has 2 aromatic heterocycles. The molecule has 2 heterocycles. The maximum atomic E-state index is 12.8. The Balaban J connectivity index is 1.88. The van der Waals surface area contributed by atoms with Gasteiger partial charge in [0.25, 0.3) is 11.8 Å². The van der Waals surface area contributed by atoms with Gasteiger partial charge < -0.3 is 21.2 Å². The zero-order valence-corrected chi connectivity index (χ0v) is 15.8. The smallest absolute Gasteiger partial charge is 0.287 e. The molecule has 0 aliphatic carbocycles. The monoisotopic (exact) mass is 405 g/mol. The molecule has 0 fully saturated rings. The van der Waals surface area contributed by atoms with Crippen molar-refractivity contribution in [2.75, 3.05) is 0 Å². The zero-order valence-electron chi connectivity index (χ0n) is 15.8. The highest BCUT2D eigenvalue weighted by molar-refractivity contribution is 6.45. The summed E-state index contributed by atoms with van der Waals surface area (Å²) < 4.78 is 5.46. The first-order valence-corrected chi connectivity index (χ1v) is 8.96. The van der Waals surface area contributed by atoms with Gasteiger partial charge >= 0.3 is 0 Å². The first-order chi connectivity index (χ1) is 14.5. The highest BCUT2D eigenvalue weighted by Crippen LogP contribution is 2.22.